The minimum absolute atomic E-state index is 0.555. The second-order valence-corrected chi connectivity index (χ2v) is 9.10. The van der Waals surface area contributed by atoms with Crippen LogP contribution >= 0.6 is 23.1 Å². The van der Waals surface area contributed by atoms with Crippen LogP contribution in [0.15, 0.2) is 45.2 Å². The van der Waals surface area contributed by atoms with Crippen LogP contribution in [0, 0.1) is 6.92 Å². The Balaban J connectivity index is 1.44. The Hall–Kier alpha value is -3.04. The second-order valence-electron chi connectivity index (χ2n) is 7.19. The van der Waals surface area contributed by atoms with Gasteiger partial charge in [-0.15, -0.1) is 21.5 Å². The molecule has 7 nitrogen and oxygen atoms in total. The Kier molecular flexibility index (Phi) is 5.52. The third-order valence-corrected chi connectivity index (χ3v) is 7.18. The van der Waals surface area contributed by atoms with E-state index in [0.717, 1.165) is 39.8 Å². The third kappa shape index (κ3) is 3.51. The lowest BCUT2D eigenvalue weighted by Gasteiger charge is -2.07. The van der Waals surface area contributed by atoms with Crippen molar-refractivity contribution in [3.63, 3.8) is 0 Å². The van der Waals surface area contributed by atoms with Gasteiger partial charge in [-0.1, -0.05) is 18.7 Å². The van der Waals surface area contributed by atoms with E-state index in [-0.39, 0.29) is 0 Å². The van der Waals surface area contributed by atoms with Crippen LogP contribution in [-0.2, 0) is 12.2 Å². The normalized spacial score (nSPS) is 11.5. The van der Waals surface area contributed by atoms with Crippen molar-refractivity contribution < 1.29 is 13.9 Å². The van der Waals surface area contributed by atoms with E-state index >= 15 is 0 Å². The van der Waals surface area contributed by atoms with Gasteiger partial charge in [-0.05, 0) is 42.6 Å². The highest BCUT2D eigenvalue weighted by Crippen LogP contribution is 2.35. The molecule has 164 valence electrons. The van der Waals surface area contributed by atoms with Crippen LogP contribution in [0.2, 0.25) is 0 Å². The molecule has 0 atom stereocenters. The molecule has 0 fully saturated rings. The Morgan fingerprint density at radius 3 is 2.69 bits per heavy atom. The molecule has 0 unspecified atom stereocenters. The van der Waals surface area contributed by atoms with E-state index in [1.165, 1.54) is 10.2 Å². The molecule has 0 radical (unpaired) electrons. The number of thiophene rings is 1. The smallest absolute Gasteiger partial charge is 0.226 e. The Morgan fingerprint density at radius 1 is 1.06 bits per heavy atom. The van der Waals surface area contributed by atoms with E-state index < -0.39 is 0 Å². The highest BCUT2D eigenvalue weighted by molar-refractivity contribution is 7.98. The van der Waals surface area contributed by atoms with Gasteiger partial charge in [-0.3, -0.25) is 4.40 Å². The van der Waals surface area contributed by atoms with E-state index in [4.69, 9.17) is 18.9 Å². The van der Waals surface area contributed by atoms with Crippen molar-refractivity contribution >= 4 is 38.8 Å². The van der Waals surface area contributed by atoms with Crippen molar-refractivity contribution in [3.05, 3.63) is 53.0 Å². The molecule has 0 saturated carbocycles. The van der Waals surface area contributed by atoms with E-state index in [1.807, 2.05) is 25.1 Å². The molecule has 0 N–H and O–H groups in total. The fourth-order valence-electron chi connectivity index (χ4n) is 3.68. The average molecular weight is 467 g/mol. The van der Waals surface area contributed by atoms with Crippen LogP contribution in [0.4, 0.5) is 0 Å². The van der Waals surface area contributed by atoms with Gasteiger partial charge in [0.15, 0.2) is 11.5 Å². The number of benzene rings is 1. The summed E-state index contributed by atoms with van der Waals surface area (Å²) in [7, 11) is 3.23. The number of methoxy groups -OCH3 is 2. The predicted molar refractivity (Wildman–Crippen MR) is 127 cm³/mol. The number of aryl methyl sites for hydroxylation is 2. The van der Waals surface area contributed by atoms with Gasteiger partial charge in [-0.2, -0.15) is 0 Å². The van der Waals surface area contributed by atoms with E-state index in [1.54, 1.807) is 37.3 Å². The zero-order valence-corrected chi connectivity index (χ0v) is 19.8. The highest BCUT2D eigenvalue weighted by Gasteiger charge is 2.17. The van der Waals surface area contributed by atoms with Gasteiger partial charge in [-0.25, -0.2) is 4.98 Å². The van der Waals surface area contributed by atoms with Crippen molar-refractivity contribution in [1.29, 1.82) is 0 Å². The highest BCUT2D eigenvalue weighted by atomic mass is 32.2. The summed E-state index contributed by atoms with van der Waals surface area (Å²) in [6.07, 6.45) is 0.825. The summed E-state index contributed by atoms with van der Waals surface area (Å²) in [5.74, 6) is 4.25. The molecule has 5 rings (SSSR count). The first-order valence-electron chi connectivity index (χ1n) is 10.2. The Bertz CT molecular complexity index is 1420. The molecule has 4 heterocycles. The van der Waals surface area contributed by atoms with Crippen LogP contribution in [-0.4, -0.2) is 33.8 Å². The number of fused-ring (bicyclic) bond motifs is 3. The molecular formula is C23H22N4O3S2. The number of aromatic nitrogens is 4. The maximum absolute atomic E-state index is 5.96. The summed E-state index contributed by atoms with van der Waals surface area (Å²) < 4.78 is 20.1. The van der Waals surface area contributed by atoms with Gasteiger partial charge in [0.1, 0.15) is 16.6 Å². The maximum atomic E-state index is 5.96. The van der Waals surface area contributed by atoms with Gasteiger partial charge >= 0.3 is 0 Å². The van der Waals surface area contributed by atoms with Crippen LogP contribution < -0.4 is 9.47 Å². The SMILES string of the molecule is CCc1nnc(SCc2nc(-c3ccc(OC)c(OC)c3)oc2C)c2cc3sccc3n12. The lowest BCUT2D eigenvalue weighted by atomic mass is 10.2. The predicted octanol–water partition coefficient (Wildman–Crippen LogP) is 5.78. The van der Waals surface area contributed by atoms with E-state index in [9.17, 15) is 0 Å². The molecule has 32 heavy (non-hydrogen) atoms. The molecule has 4 aromatic heterocycles. The number of ether oxygens (including phenoxy) is 2. The van der Waals surface area contributed by atoms with Gasteiger partial charge in [0, 0.05) is 17.7 Å². The molecule has 0 saturated heterocycles. The number of oxazole rings is 1. The fraction of sp³-hybridized carbons (Fsp3) is 0.261. The lowest BCUT2D eigenvalue weighted by molar-refractivity contribution is 0.355. The standard InChI is InChI=1S/C23H22N4O3S2/c1-5-21-25-26-23(17-11-20-16(27(17)21)8-9-31-20)32-12-15-13(2)30-22(24-15)14-6-7-18(28-3)19(10-14)29-4/h6-11H,5,12H2,1-4H3. The topological polar surface area (TPSA) is 74.7 Å². The average Bonchev–Trinajstić information content (AvgIpc) is 3.52. The first-order valence-corrected chi connectivity index (χ1v) is 12.0. The maximum Gasteiger partial charge on any atom is 0.226 e. The molecule has 9 heteroatoms. The minimum Gasteiger partial charge on any atom is -0.493 e. The van der Waals surface area contributed by atoms with Crippen LogP contribution in [0.25, 0.3) is 27.2 Å². The minimum atomic E-state index is 0.555. The molecule has 1 aromatic carbocycles. The molecule has 0 aliphatic rings. The van der Waals surface area contributed by atoms with Crippen molar-refractivity contribution in [1.82, 2.24) is 19.6 Å². The summed E-state index contributed by atoms with van der Waals surface area (Å²) in [5, 5.41) is 12.0. The summed E-state index contributed by atoms with van der Waals surface area (Å²) >= 11 is 3.35. The van der Waals surface area contributed by atoms with Gasteiger partial charge in [0.05, 0.1) is 35.6 Å². The van der Waals surface area contributed by atoms with Crippen molar-refractivity contribution in [3.8, 4) is 23.0 Å². The number of hydrogen-bond donors (Lipinski definition) is 0. The Morgan fingerprint density at radius 2 is 1.91 bits per heavy atom. The van der Waals surface area contributed by atoms with E-state index in [2.05, 4.69) is 39.0 Å². The summed E-state index contributed by atoms with van der Waals surface area (Å²) in [4.78, 5) is 4.74. The van der Waals surface area contributed by atoms with Crippen LogP contribution in [0.1, 0.15) is 24.2 Å². The lowest BCUT2D eigenvalue weighted by Crippen LogP contribution is -2.03. The second kappa shape index (κ2) is 8.48. The van der Waals surface area contributed by atoms with E-state index in [0.29, 0.717) is 23.1 Å². The number of thioether (sulfide) groups is 1. The Labute approximate surface area is 193 Å². The fourth-order valence-corrected chi connectivity index (χ4v) is 5.42. The zero-order chi connectivity index (χ0) is 22.2. The molecule has 0 spiro atoms. The zero-order valence-electron chi connectivity index (χ0n) is 18.2. The molecule has 5 aromatic rings. The summed E-state index contributed by atoms with van der Waals surface area (Å²) in [6, 6.07) is 9.96. The van der Waals surface area contributed by atoms with Gasteiger partial charge in [0.2, 0.25) is 5.89 Å². The summed E-state index contributed by atoms with van der Waals surface area (Å²) in [6.45, 7) is 4.03. The molecule has 0 amide bonds. The third-order valence-electron chi connectivity index (χ3n) is 5.34. The van der Waals surface area contributed by atoms with Crippen molar-refractivity contribution in [2.24, 2.45) is 0 Å². The largest absolute Gasteiger partial charge is 0.493 e. The molecule has 0 aliphatic heterocycles. The molecule has 0 aliphatic carbocycles. The summed E-state index contributed by atoms with van der Waals surface area (Å²) in [5.41, 5.74) is 3.99. The van der Waals surface area contributed by atoms with Crippen molar-refractivity contribution in [2.75, 3.05) is 14.2 Å². The first kappa shape index (κ1) is 20.8. The van der Waals surface area contributed by atoms with Gasteiger partial charge < -0.3 is 13.9 Å². The number of nitrogens with zero attached hydrogens (tertiary/aromatic N) is 4. The van der Waals surface area contributed by atoms with Crippen LogP contribution in [0.3, 0.4) is 0 Å². The van der Waals surface area contributed by atoms with Gasteiger partial charge in [0.25, 0.3) is 0 Å². The van der Waals surface area contributed by atoms with Crippen molar-refractivity contribution in [2.45, 2.75) is 31.0 Å². The molecule has 0 bridgehead atoms. The van der Waals surface area contributed by atoms with Crippen LogP contribution in [0.5, 0.6) is 11.5 Å². The monoisotopic (exact) mass is 466 g/mol. The first-order chi connectivity index (χ1) is 15.6. The quantitative estimate of drug-likeness (QED) is 0.282. The number of hydrogen-bond acceptors (Lipinski definition) is 8. The molecular weight excluding hydrogens is 444 g/mol. The number of rotatable bonds is 7.